The maximum atomic E-state index is 6.11. The summed E-state index contributed by atoms with van der Waals surface area (Å²) in [6, 6.07) is 2.00. The first-order valence-electron chi connectivity index (χ1n) is 7.94. The molecule has 0 aromatic carbocycles. The molecule has 3 heterocycles. The third kappa shape index (κ3) is 3.82. The van der Waals surface area contributed by atoms with Gasteiger partial charge in [-0.15, -0.1) is 0 Å². The standard InChI is InChI=1S/C15H24N6S/c1-12-10-13(19-15(18-12)21-4-2-3-5-21)11-17-14(16)20-6-8-22-9-7-20/h10H,2-9,11H2,1H3,(H2,16,17). The molecule has 120 valence electrons. The number of rotatable bonds is 3. The fraction of sp³-hybridized carbons (Fsp3) is 0.667. The summed E-state index contributed by atoms with van der Waals surface area (Å²) in [7, 11) is 0. The largest absolute Gasteiger partial charge is 0.370 e. The molecule has 3 rings (SSSR count). The van der Waals surface area contributed by atoms with Gasteiger partial charge in [0.05, 0.1) is 12.2 Å². The Hall–Kier alpha value is -1.50. The number of aromatic nitrogens is 2. The van der Waals surface area contributed by atoms with Gasteiger partial charge in [-0.25, -0.2) is 15.0 Å². The van der Waals surface area contributed by atoms with Gasteiger partial charge in [-0.3, -0.25) is 0 Å². The molecule has 0 saturated carbocycles. The van der Waals surface area contributed by atoms with Crippen molar-refractivity contribution in [3.63, 3.8) is 0 Å². The molecule has 6 nitrogen and oxygen atoms in total. The highest BCUT2D eigenvalue weighted by Crippen LogP contribution is 2.17. The van der Waals surface area contributed by atoms with Crippen molar-refractivity contribution in [2.75, 3.05) is 42.6 Å². The zero-order valence-electron chi connectivity index (χ0n) is 13.2. The summed E-state index contributed by atoms with van der Waals surface area (Å²) in [4.78, 5) is 18.2. The highest BCUT2D eigenvalue weighted by molar-refractivity contribution is 7.99. The average molecular weight is 320 g/mol. The van der Waals surface area contributed by atoms with Gasteiger partial charge in [-0.05, 0) is 25.8 Å². The van der Waals surface area contributed by atoms with Gasteiger partial charge in [-0.1, -0.05) is 0 Å². The number of guanidine groups is 1. The Morgan fingerprint density at radius 1 is 1.23 bits per heavy atom. The molecule has 2 aliphatic heterocycles. The van der Waals surface area contributed by atoms with Gasteiger partial charge in [0, 0.05) is 43.4 Å². The second kappa shape index (κ2) is 7.17. The molecule has 0 spiro atoms. The molecular weight excluding hydrogens is 296 g/mol. The van der Waals surface area contributed by atoms with Crippen LogP contribution in [0.1, 0.15) is 24.2 Å². The first-order valence-corrected chi connectivity index (χ1v) is 9.10. The molecule has 0 atom stereocenters. The summed E-state index contributed by atoms with van der Waals surface area (Å²) in [6.07, 6.45) is 2.45. The van der Waals surface area contributed by atoms with E-state index >= 15 is 0 Å². The van der Waals surface area contributed by atoms with E-state index in [0.29, 0.717) is 12.5 Å². The van der Waals surface area contributed by atoms with Crippen LogP contribution in [0.25, 0.3) is 0 Å². The van der Waals surface area contributed by atoms with Crippen LogP contribution in [0.5, 0.6) is 0 Å². The van der Waals surface area contributed by atoms with Crippen LogP contribution in [0, 0.1) is 6.92 Å². The minimum absolute atomic E-state index is 0.527. The lowest BCUT2D eigenvalue weighted by atomic mass is 10.3. The van der Waals surface area contributed by atoms with Gasteiger partial charge in [0.25, 0.3) is 0 Å². The molecule has 2 fully saturated rings. The Bertz CT molecular complexity index is 535. The molecule has 1 aromatic heterocycles. The van der Waals surface area contributed by atoms with Crippen LogP contribution >= 0.6 is 11.8 Å². The quantitative estimate of drug-likeness (QED) is 0.668. The Kier molecular flexibility index (Phi) is 5.02. The van der Waals surface area contributed by atoms with Crippen molar-refractivity contribution in [1.29, 1.82) is 0 Å². The predicted molar refractivity (Wildman–Crippen MR) is 92.4 cm³/mol. The van der Waals surface area contributed by atoms with Crippen LogP contribution in [0.3, 0.4) is 0 Å². The average Bonchev–Trinajstić information content (AvgIpc) is 3.07. The minimum Gasteiger partial charge on any atom is -0.370 e. The van der Waals surface area contributed by atoms with Gasteiger partial charge >= 0.3 is 0 Å². The van der Waals surface area contributed by atoms with Gasteiger partial charge in [0.15, 0.2) is 5.96 Å². The predicted octanol–water partition coefficient (Wildman–Crippen LogP) is 1.25. The van der Waals surface area contributed by atoms with Gasteiger partial charge in [0.2, 0.25) is 5.95 Å². The van der Waals surface area contributed by atoms with E-state index in [4.69, 9.17) is 5.73 Å². The number of aryl methyl sites for hydroxylation is 1. The molecule has 2 N–H and O–H groups in total. The van der Waals surface area contributed by atoms with E-state index in [1.54, 1.807) is 0 Å². The van der Waals surface area contributed by atoms with E-state index in [2.05, 4.69) is 24.8 Å². The molecule has 0 radical (unpaired) electrons. The van der Waals surface area contributed by atoms with Crippen molar-refractivity contribution in [3.05, 3.63) is 17.5 Å². The molecule has 0 amide bonds. The number of nitrogens with zero attached hydrogens (tertiary/aromatic N) is 5. The maximum Gasteiger partial charge on any atom is 0.225 e. The summed E-state index contributed by atoms with van der Waals surface area (Å²) in [5, 5.41) is 0. The number of anilines is 1. The minimum atomic E-state index is 0.527. The summed E-state index contributed by atoms with van der Waals surface area (Å²) in [6.45, 7) is 6.63. The first kappa shape index (κ1) is 15.4. The number of aliphatic imine (C=N–C) groups is 1. The fourth-order valence-electron chi connectivity index (χ4n) is 2.81. The zero-order chi connectivity index (χ0) is 15.4. The van der Waals surface area contributed by atoms with Crippen molar-refractivity contribution in [1.82, 2.24) is 14.9 Å². The van der Waals surface area contributed by atoms with E-state index in [-0.39, 0.29) is 0 Å². The molecular formula is C15H24N6S. The highest BCUT2D eigenvalue weighted by Gasteiger charge is 2.16. The second-order valence-corrected chi connectivity index (χ2v) is 6.99. The lowest BCUT2D eigenvalue weighted by molar-refractivity contribution is 0.455. The smallest absolute Gasteiger partial charge is 0.225 e. The second-order valence-electron chi connectivity index (χ2n) is 5.77. The fourth-order valence-corrected chi connectivity index (χ4v) is 3.71. The summed E-state index contributed by atoms with van der Waals surface area (Å²) < 4.78 is 0. The number of nitrogens with two attached hydrogens (primary N) is 1. The summed E-state index contributed by atoms with van der Waals surface area (Å²) in [5.74, 6) is 3.74. The molecule has 0 unspecified atom stereocenters. The highest BCUT2D eigenvalue weighted by atomic mass is 32.2. The maximum absolute atomic E-state index is 6.11. The number of hydrogen-bond donors (Lipinski definition) is 1. The van der Waals surface area contributed by atoms with E-state index < -0.39 is 0 Å². The Balaban J connectivity index is 1.68. The summed E-state index contributed by atoms with van der Waals surface area (Å²) >= 11 is 1.97. The Morgan fingerprint density at radius 2 is 1.95 bits per heavy atom. The lowest BCUT2D eigenvalue weighted by Crippen LogP contribution is -2.42. The first-order chi connectivity index (χ1) is 10.7. The van der Waals surface area contributed by atoms with Crippen LogP contribution in [0.4, 0.5) is 5.95 Å². The third-order valence-electron chi connectivity index (χ3n) is 4.02. The van der Waals surface area contributed by atoms with E-state index in [1.807, 2.05) is 24.8 Å². The molecule has 1 aromatic rings. The van der Waals surface area contributed by atoms with Crippen molar-refractivity contribution in [2.24, 2.45) is 10.7 Å². The van der Waals surface area contributed by atoms with Crippen LogP contribution in [0.15, 0.2) is 11.1 Å². The molecule has 22 heavy (non-hydrogen) atoms. The molecule has 0 bridgehead atoms. The molecule has 0 aliphatic carbocycles. The van der Waals surface area contributed by atoms with Crippen LogP contribution in [-0.4, -0.2) is 58.5 Å². The van der Waals surface area contributed by atoms with Crippen molar-refractivity contribution in [2.45, 2.75) is 26.3 Å². The van der Waals surface area contributed by atoms with Gasteiger partial charge in [-0.2, -0.15) is 11.8 Å². The van der Waals surface area contributed by atoms with E-state index in [9.17, 15) is 0 Å². The third-order valence-corrected chi connectivity index (χ3v) is 4.96. The van der Waals surface area contributed by atoms with E-state index in [1.165, 1.54) is 12.8 Å². The molecule has 7 heteroatoms. The van der Waals surface area contributed by atoms with Crippen molar-refractivity contribution in [3.8, 4) is 0 Å². The van der Waals surface area contributed by atoms with Gasteiger partial charge < -0.3 is 15.5 Å². The van der Waals surface area contributed by atoms with Crippen LogP contribution < -0.4 is 10.6 Å². The van der Waals surface area contributed by atoms with Crippen LogP contribution in [0.2, 0.25) is 0 Å². The van der Waals surface area contributed by atoms with Gasteiger partial charge in [0.1, 0.15) is 0 Å². The topological polar surface area (TPSA) is 70.6 Å². The van der Waals surface area contributed by atoms with Crippen LogP contribution in [-0.2, 0) is 6.54 Å². The summed E-state index contributed by atoms with van der Waals surface area (Å²) in [5.41, 5.74) is 8.05. The Morgan fingerprint density at radius 3 is 2.68 bits per heavy atom. The monoisotopic (exact) mass is 320 g/mol. The van der Waals surface area contributed by atoms with Crippen molar-refractivity contribution < 1.29 is 0 Å². The lowest BCUT2D eigenvalue weighted by Gasteiger charge is -2.27. The normalized spacial score (nSPS) is 19.8. The van der Waals surface area contributed by atoms with Crippen molar-refractivity contribution >= 4 is 23.7 Å². The molecule has 2 saturated heterocycles. The SMILES string of the molecule is Cc1cc(CN=C(N)N2CCSCC2)nc(N2CCCC2)n1. The zero-order valence-corrected chi connectivity index (χ0v) is 14.0. The Labute approximate surface area is 136 Å². The number of hydrogen-bond acceptors (Lipinski definition) is 5. The number of thioether (sulfide) groups is 1. The van der Waals surface area contributed by atoms with E-state index in [0.717, 1.165) is 55.0 Å². The molecule has 2 aliphatic rings.